The molecule has 0 fully saturated rings. The van der Waals surface area contributed by atoms with E-state index in [2.05, 4.69) is 6.92 Å². The second-order valence-electron chi connectivity index (χ2n) is 3.66. The minimum Gasteiger partial charge on any atom is -0.330 e. The molecule has 0 bridgehead atoms. The summed E-state index contributed by atoms with van der Waals surface area (Å²) >= 11 is 0. The van der Waals surface area contributed by atoms with Crippen molar-refractivity contribution < 1.29 is 8.42 Å². The number of unbranched alkanes of at least 4 members (excludes halogenated alkanes) is 2. The van der Waals surface area contributed by atoms with E-state index in [1.54, 1.807) is 0 Å². The Balaban J connectivity index is 3.81. The average molecular weight is 207 g/mol. The highest BCUT2D eigenvalue weighted by molar-refractivity contribution is 7.91. The van der Waals surface area contributed by atoms with Gasteiger partial charge in [0.05, 0.1) is 11.5 Å². The van der Waals surface area contributed by atoms with Gasteiger partial charge in [0, 0.05) is 0 Å². The third-order valence-electron chi connectivity index (χ3n) is 2.00. The molecule has 0 aromatic heterocycles. The standard InChI is InChI=1S/C9H21NO2S/c1-3-4-5-6-13(11,12)8-9(2)7-10/h9H,3-8,10H2,1-2H3. The highest BCUT2D eigenvalue weighted by atomic mass is 32.2. The van der Waals surface area contributed by atoms with Gasteiger partial charge < -0.3 is 5.73 Å². The van der Waals surface area contributed by atoms with Gasteiger partial charge in [-0.2, -0.15) is 0 Å². The quantitative estimate of drug-likeness (QED) is 0.638. The van der Waals surface area contributed by atoms with Crippen molar-refractivity contribution in [2.45, 2.75) is 33.1 Å². The molecule has 0 saturated carbocycles. The molecule has 80 valence electrons. The van der Waals surface area contributed by atoms with Crippen LogP contribution in [0, 0.1) is 5.92 Å². The SMILES string of the molecule is CCCCCS(=O)(=O)CC(C)CN. The van der Waals surface area contributed by atoms with Gasteiger partial charge in [-0.1, -0.05) is 26.7 Å². The first kappa shape index (κ1) is 12.9. The van der Waals surface area contributed by atoms with Crippen LogP contribution in [-0.2, 0) is 9.84 Å². The smallest absolute Gasteiger partial charge is 0.150 e. The van der Waals surface area contributed by atoms with E-state index in [9.17, 15) is 8.42 Å². The van der Waals surface area contributed by atoms with Crippen LogP contribution in [0.3, 0.4) is 0 Å². The Morgan fingerprint density at radius 3 is 2.38 bits per heavy atom. The third kappa shape index (κ3) is 7.02. The molecule has 0 aliphatic rings. The van der Waals surface area contributed by atoms with Crippen LogP contribution in [0.4, 0.5) is 0 Å². The van der Waals surface area contributed by atoms with Crippen LogP contribution >= 0.6 is 0 Å². The molecule has 4 heteroatoms. The van der Waals surface area contributed by atoms with Crippen LogP contribution in [0.1, 0.15) is 33.1 Å². The second kappa shape index (κ2) is 6.38. The molecule has 0 aromatic carbocycles. The van der Waals surface area contributed by atoms with E-state index >= 15 is 0 Å². The fraction of sp³-hybridized carbons (Fsp3) is 1.00. The van der Waals surface area contributed by atoms with E-state index < -0.39 is 9.84 Å². The van der Waals surface area contributed by atoms with Gasteiger partial charge in [-0.05, 0) is 18.9 Å². The average Bonchev–Trinajstić information content (AvgIpc) is 2.03. The van der Waals surface area contributed by atoms with Crippen molar-refractivity contribution >= 4 is 9.84 Å². The lowest BCUT2D eigenvalue weighted by molar-refractivity contribution is 0.569. The molecule has 2 N–H and O–H groups in total. The number of hydrogen-bond donors (Lipinski definition) is 1. The van der Waals surface area contributed by atoms with Crippen molar-refractivity contribution in [3.05, 3.63) is 0 Å². The maximum Gasteiger partial charge on any atom is 0.150 e. The predicted octanol–water partition coefficient (Wildman–Crippen LogP) is 1.19. The summed E-state index contributed by atoms with van der Waals surface area (Å²) < 4.78 is 22.8. The monoisotopic (exact) mass is 207 g/mol. The third-order valence-corrected chi connectivity index (χ3v) is 3.99. The van der Waals surface area contributed by atoms with Crippen LogP contribution in [0.2, 0.25) is 0 Å². The van der Waals surface area contributed by atoms with Crippen molar-refractivity contribution in [2.75, 3.05) is 18.1 Å². The minimum absolute atomic E-state index is 0.0895. The highest BCUT2D eigenvalue weighted by Crippen LogP contribution is 2.04. The molecule has 0 heterocycles. The summed E-state index contributed by atoms with van der Waals surface area (Å²) in [5.41, 5.74) is 5.37. The van der Waals surface area contributed by atoms with Gasteiger partial charge in [-0.3, -0.25) is 0 Å². The Bertz CT molecular complexity index is 212. The predicted molar refractivity (Wildman–Crippen MR) is 56.4 cm³/mol. The molecule has 0 amide bonds. The van der Waals surface area contributed by atoms with Crippen LogP contribution in [0.15, 0.2) is 0 Å². The molecule has 0 aliphatic heterocycles. The van der Waals surface area contributed by atoms with Gasteiger partial charge in [-0.15, -0.1) is 0 Å². The molecule has 13 heavy (non-hydrogen) atoms. The fourth-order valence-corrected chi connectivity index (χ4v) is 2.97. The summed E-state index contributed by atoms with van der Waals surface area (Å²) in [6.07, 6.45) is 2.84. The van der Waals surface area contributed by atoms with Crippen LogP contribution in [0.5, 0.6) is 0 Å². The van der Waals surface area contributed by atoms with Crippen molar-refractivity contribution in [3.63, 3.8) is 0 Å². The lowest BCUT2D eigenvalue weighted by Gasteiger charge is -2.08. The second-order valence-corrected chi connectivity index (χ2v) is 5.89. The lowest BCUT2D eigenvalue weighted by atomic mass is 10.2. The number of hydrogen-bond acceptors (Lipinski definition) is 3. The van der Waals surface area contributed by atoms with E-state index in [0.717, 1.165) is 19.3 Å². The largest absolute Gasteiger partial charge is 0.330 e. The zero-order valence-corrected chi connectivity index (χ0v) is 9.44. The number of rotatable bonds is 7. The molecule has 0 rings (SSSR count). The number of sulfone groups is 1. The Kier molecular flexibility index (Phi) is 6.33. The molecule has 1 unspecified atom stereocenters. The van der Waals surface area contributed by atoms with Gasteiger partial charge in [0.25, 0.3) is 0 Å². The van der Waals surface area contributed by atoms with Gasteiger partial charge in [-0.25, -0.2) is 8.42 Å². The molecule has 0 spiro atoms. The molecular formula is C9H21NO2S. The summed E-state index contributed by atoms with van der Waals surface area (Å²) in [7, 11) is -2.85. The molecule has 0 aromatic rings. The molecule has 0 radical (unpaired) electrons. The van der Waals surface area contributed by atoms with Gasteiger partial charge in [0.15, 0.2) is 9.84 Å². The van der Waals surface area contributed by atoms with E-state index in [1.807, 2.05) is 6.92 Å². The fourth-order valence-electron chi connectivity index (χ4n) is 1.16. The van der Waals surface area contributed by atoms with E-state index in [1.165, 1.54) is 0 Å². The van der Waals surface area contributed by atoms with Crippen molar-refractivity contribution in [1.29, 1.82) is 0 Å². The summed E-state index contributed by atoms with van der Waals surface area (Å²) in [6, 6.07) is 0. The van der Waals surface area contributed by atoms with E-state index in [4.69, 9.17) is 5.73 Å². The first-order valence-corrected chi connectivity index (χ1v) is 6.74. The topological polar surface area (TPSA) is 60.2 Å². The zero-order valence-electron chi connectivity index (χ0n) is 8.62. The Labute approximate surface area is 81.6 Å². The summed E-state index contributed by atoms with van der Waals surface area (Å²) in [6.45, 7) is 4.39. The summed E-state index contributed by atoms with van der Waals surface area (Å²) in [5, 5.41) is 0. The maximum absolute atomic E-state index is 11.4. The summed E-state index contributed by atoms with van der Waals surface area (Å²) in [5.74, 6) is 0.657. The van der Waals surface area contributed by atoms with Gasteiger partial charge >= 0.3 is 0 Å². The van der Waals surface area contributed by atoms with E-state index in [0.29, 0.717) is 12.3 Å². The Hall–Kier alpha value is -0.0900. The maximum atomic E-state index is 11.4. The van der Waals surface area contributed by atoms with Crippen molar-refractivity contribution in [2.24, 2.45) is 11.7 Å². The Morgan fingerprint density at radius 1 is 1.31 bits per heavy atom. The van der Waals surface area contributed by atoms with Gasteiger partial charge in [0.1, 0.15) is 0 Å². The normalized spacial score (nSPS) is 14.4. The summed E-state index contributed by atoms with van der Waals surface area (Å²) in [4.78, 5) is 0. The zero-order chi connectivity index (χ0) is 10.3. The minimum atomic E-state index is -2.85. The Morgan fingerprint density at radius 2 is 1.92 bits per heavy atom. The van der Waals surface area contributed by atoms with Gasteiger partial charge in [0.2, 0.25) is 0 Å². The molecular weight excluding hydrogens is 186 g/mol. The van der Waals surface area contributed by atoms with Crippen LogP contribution in [0.25, 0.3) is 0 Å². The van der Waals surface area contributed by atoms with E-state index in [-0.39, 0.29) is 11.7 Å². The van der Waals surface area contributed by atoms with Crippen LogP contribution < -0.4 is 5.73 Å². The molecule has 0 saturated heterocycles. The highest BCUT2D eigenvalue weighted by Gasteiger charge is 2.13. The molecule has 0 aliphatic carbocycles. The first-order chi connectivity index (χ1) is 6.02. The molecule has 3 nitrogen and oxygen atoms in total. The number of nitrogens with two attached hydrogens (primary N) is 1. The molecule has 1 atom stereocenters. The lowest BCUT2D eigenvalue weighted by Crippen LogP contribution is -2.22. The van der Waals surface area contributed by atoms with Crippen molar-refractivity contribution in [1.82, 2.24) is 0 Å². The first-order valence-electron chi connectivity index (χ1n) is 4.92. The van der Waals surface area contributed by atoms with Crippen molar-refractivity contribution in [3.8, 4) is 0 Å². The van der Waals surface area contributed by atoms with Crippen LogP contribution in [-0.4, -0.2) is 26.5 Å².